The number of carbonyl (C=O) groups is 1. The second-order valence-corrected chi connectivity index (χ2v) is 11.4. The van der Waals surface area contributed by atoms with Gasteiger partial charge in [-0.05, 0) is 97.6 Å². The first kappa shape index (κ1) is 22.0. The summed E-state index contributed by atoms with van der Waals surface area (Å²) in [5, 5.41) is 2.87. The van der Waals surface area contributed by atoms with Crippen LogP contribution in [-0.4, -0.2) is 30.6 Å². The summed E-state index contributed by atoms with van der Waals surface area (Å²) in [6.45, 7) is 0.634. The summed E-state index contributed by atoms with van der Waals surface area (Å²) in [6, 6.07) is 12.3. The minimum Gasteiger partial charge on any atom is -0.484 e. The van der Waals surface area contributed by atoms with Gasteiger partial charge in [-0.15, -0.1) is 0 Å². The van der Waals surface area contributed by atoms with Crippen molar-refractivity contribution in [2.45, 2.75) is 62.6 Å². The third kappa shape index (κ3) is 4.06. The van der Waals surface area contributed by atoms with Crippen LogP contribution in [0, 0.1) is 17.8 Å². The number of aliphatic imine (C=N–C) groups is 1. The molecular weight excluding hydrogens is 452 g/mol. The van der Waals surface area contributed by atoms with Crippen LogP contribution in [0.4, 0.5) is 0 Å². The molecule has 1 aromatic carbocycles. The van der Waals surface area contributed by atoms with Gasteiger partial charge < -0.3 is 19.2 Å². The first-order valence-electron chi connectivity index (χ1n) is 13.3. The van der Waals surface area contributed by atoms with Crippen LogP contribution < -0.4 is 10.1 Å². The molecular formula is C30H32N2O4. The van der Waals surface area contributed by atoms with Crippen molar-refractivity contribution in [3.05, 3.63) is 77.8 Å². The second-order valence-electron chi connectivity index (χ2n) is 11.4. The molecule has 5 aliphatic carbocycles. The molecule has 1 aromatic heterocycles. The molecule has 2 unspecified atom stereocenters. The van der Waals surface area contributed by atoms with E-state index in [4.69, 9.17) is 13.9 Å². The lowest BCUT2D eigenvalue weighted by atomic mass is 9.48. The maximum Gasteiger partial charge on any atom is 0.251 e. The van der Waals surface area contributed by atoms with Crippen LogP contribution in [0.5, 0.6) is 5.75 Å². The smallest absolute Gasteiger partial charge is 0.251 e. The number of carbonyl (C=O) groups excluding carboxylic acids is 1. The van der Waals surface area contributed by atoms with Gasteiger partial charge in [0.05, 0.1) is 12.8 Å². The number of furan rings is 1. The largest absolute Gasteiger partial charge is 0.484 e. The summed E-state index contributed by atoms with van der Waals surface area (Å²) in [5.74, 6) is 4.79. The summed E-state index contributed by atoms with van der Waals surface area (Å²) in [4.78, 5) is 17.2. The zero-order valence-corrected chi connectivity index (χ0v) is 20.4. The second kappa shape index (κ2) is 8.68. The molecule has 2 heterocycles. The Bertz CT molecular complexity index is 1190. The molecule has 36 heavy (non-hydrogen) atoms. The molecule has 8 rings (SSSR count). The number of amides is 1. The lowest BCUT2D eigenvalue weighted by molar-refractivity contribution is -0.117. The van der Waals surface area contributed by atoms with Crippen LogP contribution >= 0.6 is 0 Å². The van der Waals surface area contributed by atoms with Gasteiger partial charge in [0.25, 0.3) is 5.91 Å². The van der Waals surface area contributed by atoms with E-state index in [2.05, 4.69) is 34.6 Å². The SMILES string of the molecule is O=C(NCc1ccco1)C1=CC2OC(COc3ccc(C45CC6CC(CC(C6)C4)C5)cc3)=NC2C=C1. The van der Waals surface area contributed by atoms with Crippen molar-refractivity contribution in [3.8, 4) is 5.75 Å². The zero-order valence-electron chi connectivity index (χ0n) is 20.4. The minimum absolute atomic E-state index is 0.122. The molecule has 2 atom stereocenters. The van der Waals surface area contributed by atoms with E-state index in [-0.39, 0.29) is 24.7 Å². The lowest BCUT2D eigenvalue weighted by Gasteiger charge is -2.57. The van der Waals surface area contributed by atoms with E-state index in [0.29, 0.717) is 29.2 Å². The molecule has 4 saturated carbocycles. The normalized spacial score (nSPS) is 33.5. The van der Waals surface area contributed by atoms with Crippen LogP contribution in [0.1, 0.15) is 49.8 Å². The van der Waals surface area contributed by atoms with Gasteiger partial charge in [0.2, 0.25) is 5.90 Å². The summed E-state index contributed by atoms with van der Waals surface area (Å²) in [6.07, 6.45) is 15.4. The van der Waals surface area contributed by atoms with Crippen LogP contribution in [-0.2, 0) is 21.5 Å². The fraction of sp³-hybridized carbons (Fsp3) is 0.467. The fourth-order valence-corrected chi connectivity index (χ4v) is 7.64. The highest BCUT2D eigenvalue weighted by atomic mass is 16.5. The van der Waals surface area contributed by atoms with Crippen molar-refractivity contribution in [1.82, 2.24) is 5.32 Å². The van der Waals surface area contributed by atoms with E-state index in [1.165, 1.54) is 44.1 Å². The molecule has 1 amide bonds. The van der Waals surface area contributed by atoms with Crippen molar-refractivity contribution in [1.29, 1.82) is 0 Å². The third-order valence-corrected chi connectivity index (χ3v) is 8.85. The van der Waals surface area contributed by atoms with E-state index in [0.717, 1.165) is 23.5 Å². The third-order valence-electron chi connectivity index (χ3n) is 8.85. The maximum absolute atomic E-state index is 12.5. The highest BCUT2D eigenvalue weighted by Gasteiger charge is 2.51. The molecule has 4 bridgehead atoms. The Kier molecular flexibility index (Phi) is 5.30. The van der Waals surface area contributed by atoms with E-state index < -0.39 is 0 Å². The first-order valence-corrected chi connectivity index (χ1v) is 13.3. The topological polar surface area (TPSA) is 73.1 Å². The average molecular weight is 485 g/mol. The van der Waals surface area contributed by atoms with Crippen molar-refractivity contribution >= 4 is 11.8 Å². The molecule has 0 saturated heterocycles. The summed E-state index contributed by atoms with van der Waals surface area (Å²) < 4.78 is 17.3. The molecule has 0 radical (unpaired) electrons. The van der Waals surface area contributed by atoms with E-state index in [1.54, 1.807) is 18.4 Å². The molecule has 6 aliphatic rings. The van der Waals surface area contributed by atoms with E-state index >= 15 is 0 Å². The number of fused-ring (bicyclic) bond motifs is 1. The Balaban J connectivity index is 0.942. The number of benzene rings is 1. The lowest BCUT2D eigenvalue weighted by Crippen LogP contribution is -2.48. The Morgan fingerprint density at radius 2 is 1.81 bits per heavy atom. The number of nitrogens with one attached hydrogen (secondary N) is 1. The van der Waals surface area contributed by atoms with Gasteiger partial charge in [-0.1, -0.05) is 24.3 Å². The maximum atomic E-state index is 12.5. The Morgan fingerprint density at radius 3 is 2.50 bits per heavy atom. The van der Waals surface area contributed by atoms with Crippen LogP contribution in [0.25, 0.3) is 0 Å². The molecule has 6 nitrogen and oxygen atoms in total. The predicted octanol–water partition coefficient (Wildman–Crippen LogP) is 5.10. The molecule has 186 valence electrons. The Hall–Kier alpha value is -3.28. The van der Waals surface area contributed by atoms with Crippen LogP contribution in [0.15, 0.2) is 75.9 Å². The molecule has 6 heteroatoms. The summed E-state index contributed by atoms with van der Waals surface area (Å²) in [7, 11) is 0. The van der Waals surface area contributed by atoms with Crippen molar-refractivity contribution < 1.29 is 18.7 Å². The average Bonchev–Trinajstić information content (AvgIpc) is 3.55. The number of hydrogen-bond acceptors (Lipinski definition) is 5. The standard InChI is InChI=1S/C30H32N2O4/c33-29(31-17-25-2-1-9-34-25)22-3-8-26-27(13-22)36-28(32-26)18-35-24-6-4-23(5-7-24)30-14-19-10-20(15-30)12-21(11-19)16-30/h1-9,13,19-21,26-27H,10-12,14-18H2,(H,31,33). The fourth-order valence-electron chi connectivity index (χ4n) is 7.64. The summed E-state index contributed by atoms with van der Waals surface area (Å²) in [5.41, 5.74) is 2.48. The van der Waals surface area contributed by atoms with Gasteiger partial charge >= 0.3 is 0 Å². The Labute approximate surface area is 211 Å². The minimum atomic E-state index is -0.281. The van der Waals surface area contributed by atoms with Crippen molar-refractivity contribution in [2.75, 3.05) is 6.61 Å². The van der Waals surface area contributed by atoms with Crippen molar-refractivity contribution in [3.63, 3.8) is 0 Å². The van der Waals surface area contributed by atoms with Crippen molar-refractivity contribution in [2.24, 2.45) is 22.7 Å². The number of ether oxygens (including phenoxy) is 2. The molecule has 2 aromatic rings. The summed E-state index contributed by atoms with van der Waals surface area (Å²) >= 11 is 0. The van der Waals surface area contributed by atoms with Gasteiger partial charge in [0.1, 0.15) is 23.7 Å². The van der Waals surface area contributed by atoms with Gasteiger partial charge in [0.15, 0.2) is 6.61 Å². The van der Waals surface area contributed by atoms with Gasteiger partial charge in [-0.3, -0.25) is 4.79 Å². The number of rotatable bonds is 7. The zero-order chi connectivity index (χ0) is 24.1. The van der Waals surface area contributed by atoms with Crippen LogP contribution in [0.3, 0.4) is 0 Å². The first-order chi connectivity index (χ1) is 17.6. The molecule has 1 aliphatic heterocycles. The molecule has 4 fully saturated rings. The van der Waals surface area contributed by atoms with Gasteiger partial charge in [0, 0.05) is 5.57 Å². The monoisotopic (exact) mass is 484 g/mol. The van der Waals surface area contributed by atoms with Gasteiger partial charge in [-0.2, -0.15) is 0 Å². The van der Waals surface area contributed by atoms with E-state index in [1.807, 2.05) is 18.2 Å². The van der Waals surface area contributed by atoms with Gasteiger partial charge in [-0.25, -0.2) is 4.99 Å². The quantitative estimate of drug-likeness (QED) is 0.593. The number of nitrogens with zero attached hydrogens (tertiary/aromatic N) is 1. The molecule has 0 spiro atoms. The molecule has 1 N–H and O–H groups in total. The Morgan fingerprint density at radius 1 is 1.06 bits per heavy atom. The van der Waals surface area contributed by atoms with Crippen LogP contribution in [0.2, 0.25) is 0 Å². The highest BCUT2D eigenvalue weighted by Crippen LogP contribution is 2.60. The highest BCUT2D eigenvalue weighted by molar-refractivity contribution is 5.96. The van der Waals surface area contributed by atoms with E-state index in [9.17, 15) is 4.79 Å². The predicted molar refractivity (Wildman–Crippen MR) is 136 cm³/mol. The number of hydrogen-bond donors (Lipinski definition) is 1.